The maximum Gasteiger partial charge on any atom is 0.170 e. The summed E-state index contributed by atoms with van der Waals surface area (Å²) < 4.78 is 19.0. The number of hydrogen-bond donors (Lipinski definition) is 1. The van der Waals surface area contributed by atoms with Crippen molar-refractivity contribution in [1.29, 1.82) is 0 Å². The SMILES string of the molecule is CC(C)(C)c1cc(C(C)(C)C)c2on(CCOCCN)oc3c(C(C)(C)C)cc(C(C)(C)C)cc3c2c1. The minimum atomic E-state index is -0.133. The van der Waals surface area contributed by atoms with Crippen LogP contribution in [-0.4, -0.2) is 24.7 Å². The Balaban J connectivity index is 2.62. The zero-order chi connectivity index (χ0) is 28.0. The highest BCUT2D eigenvalue weighted by atomic mass is 16.7. The largest absolute Gasteiger partial charge is 0.378 e. The molecular weight excluding hydrogens is 460 g/mol. The first-order valence-corrected chi connectivity index (χ1v) is 13.6. The van der Waals surface area contributed by atoms with Crippen LogP contribution in [0, 0.1) is 0 Å². The predicted octanol–water partition coefficient (Wildman–Crippen LogP) is 8.27. The summed E-state index contributed by atoms with van der Waals surface area (Å²) >= 11 is 0. The summed E-state index contributed by atoms with van der Waals surface area (Å²) in [5.41, 5.74) is 11.9. The second-order valence-electron chi connectivity index (χ2n) is 14.4. The molecule has 1 heterocycles. The van der Waals surface area contributed by atoms with Crippen molar-refractivity contribution in [3.63, 3.8) is 0 Å². The summed E-state index contributed by atoms with van der Waals surface area (Å²) in [7, 11) is 0. The highest BCUT2D eigenvalue weighted by molar-refractivity contribution is 6.04. The van der Waals surface area contributed by atoms with Crippen LogP contribution in [0.5, 0.6) is 0 Å². The van der Waals surface area contributed by atoms with E-state index in [2.05, 4.69) is 107 Å². The standard InChI is InChI=1S/C32H50N2O3/c1-29(2,3)21-17-23-24-18-22(30(4,5)6)20-26(32(10,11)12)28(24)37-34(14-16-35-15-13-33)36-27(23)25(19-21)31(7,8)9/h17-20H,13-16,33H2,1-12H3. The number of hydrogen-bond acceptors (Lipinski definition) is 4. The topological polar surface area (TPSA) is 66.5 Å². The van der Waals surface area contributed by atoms with E-state index in [1.807, 2.05) is 0 Å². The zero-order valence-electron chi connectivity index (χ0n) is 25.4. The van der Waals surface area contributed by atoms with Gasteiger partial charge in [-0.15, -0.1) is 0 Å². The third-order valence-corrected chi connectivity index (χ3v) is 6.88. The molecule has 0 amide bonds. The predicted molar refractivity (Wildman–Crippen MR) is 156 cm³/mol. The van der Waals surface area contributed by atoms with E-state index in [-0.39, 0.29) is 21.7 Å². The fourth-order valence-electron chi connectivity index (χ4n) is 4.47. The molecule has 3 aromatic rings. The zero-order valence-corrected chi connectivity index (χ0v) is 25.4. The molecule has 3 rings (SSSR count). The summed E-state index contributed by atoms with van der Waals surface area (Å²) in [6.45, 7) is 29.0. The Hall–Kier alpha value is -2.24. The molecule has 0 saturated carbocycles. The number of nitrogens with two attached hydrogens (primary N) is 1. The molecule has 5 nitrogen and oxygen atoms in total. The molecule has 5 heteroatoms. The molecule has 0 atom stereocenters. The molecule has 2 aromatic carbocycles. The van der Waals surface area contributed by atoms with Crippen molar-refractivity contribution in [3.8, 4) is 0 Å². The van der Waals surface area contributed by atoms with E-state index in [4.69, 9.17) is 19.5 Å². The molecule has 0 radical (unpaired) electrons. The van der Waals surface area contributed by atoms with Crippen molar-refractivity contribution in [1.82, 2.24) is 4.91 Å². The van der Waals surface area contributed by atoms with Crippen molar-refractivity contribution in [2.45, 2.75) is 111 Å². The lowest BCUT2D eigenvalue weighted by Crippen LogP contribution is -2.17. The molecule has 0 saturated heterocycles. The quantitative estimate of drug-likeness (QED) is 0.351. The van der Waals surface area contributed by atoms with Gasteiger partial charge in [0.15, 0.2) is 11.2 Å². The molecule has 0 aliphatic rings. The smallest absolute Gasteiger partial charge is 0.170 e. The fourth-order valence-corrected chi connectivity index (χ4v) is 4.47. The Labute approximate surface area is 223 Å². The summed E-state index contributed by atoms with van der Waals surface area (Å²) in [4.78, 5) is 1.60. The molecule has 0 bridgehead atoms. The number of nitrogens with zero attached hydrogens (tertiary/aromatic N) is 1. The summed E-state index contributed by atoms with van der Waals surface area (Å²) in [5.74, 6) is 0. The molecule has 206 valence electrons. The van der Waals surface area contributed by atoms with Crippen LogP contribution in [0.2, 0.25) is 0 Å². The number of fused-ring (bicyclic) bond motifs is 3. The van der Waals surface area contributed by atoms with E-state index in [9.17, 15) is 0 Å². The van der Waals surface area contributed by atoms with Gasteiger partial charge < -0.3 is 19.5 Å². The molecule has 0 spiro atoms. The Kier molecular flexibility index (Phi) is 8.04. The minimum absolute atomic E-state index is 0.0212. The number of aromatic nitrogens is 1. The fraction of sp³-hybridized carbons (Fsp3) is 0.625. The van der Waals surface area contributed by atoms with Crippen LogP contribution in [0.15, 0.2) is 33.3 Å². The molecule has 1 aromatic heterocycles. The third kappa shape index (κ3) is 6.61. The first-order chi connectivity index (χ1) is 16.8. The van der Waals surface area contributed by atoms with Crippen molar-refractivity contribution in [2.24, 2.45) is 5.73 Å². The Bertz CT molecular complexity index is 1200. The maximum absolute atomic E-state index is 6.64. The summed E-state index contributed by atoms with van der Waals surface area (Å²) in [6, 6.07) is 9.23. The van der Waals surface area contributed by atoms with Crippen LogP contribution in [0.25, 0.3) is 21.9 Å². The number of rotatable bonds is 5. The van der Waals surface area contributed by atoms with Crippen molar-refractivity contribution in [3.05, 3.63) is 46.5 Å². The van der Waals surface area contributed by atoms with Crippen LogP contribution in [0.1, 0.15) is 105 Å². The number of ether oxygens (including phenoxy) is 1. The molecule has 0 aliphatic carbocycles. The molecule has 0 aliphatic heterocycles. The maximum atomic E-state index is 6.64. The van der Waals surface area contributed by atoms with E-state index in [1.165, 1.54) is 11.1 Å². The number of benzene rings is 2. The minimum Gasteiger partial charge on any atom is -0.378 e. The molecule has 0 unspecified atom stereocenters. The molecule has 37 heavy (non-hydrogen) atoms. The summed E-state index contributed by atoms with van der Waals surface area (Å²) in [5, 5.41) is 2.16. The van der Waals surface area contributed by atoms with Gasteiger partial charge in [-0.1, -0.05) is 100 Å². The van der Waals surface area contributed by atoms with E-state index in [0.29, 0.717) is 26.3 Å². The molecule has 0 fully saturated rings. The highest BCUT2D eigenvalue weighted by Gasteiger charge is 2.28. The van der Waals surface area contributed by atoms with Gasteiger partial charge in [0.2, 0.25) is 0 Å². The van der Waals surface area contributed by atoms with Crippen LogP contribution in [0.3, 0.4) is 0 Å². The molecular formula is C32H50N2O3. The Morgan fingerprint density at radius 3 is 1.35 bits per heavy atom. The van der Waals surface area contributed by atoms with E-state index < -0.39 is 0 Å². The summed E-state index contributed by atoms with van der Waals surface area (Å²) in [6.07, 6.45) is 0. The second-order valence-corrected chi connectivity index (χ2v) is 14.4. The van der Waals surface area contributed by atoms with Gasteiger partial charge in [-0.2, -0.15) is 0 Å². The average molecular weight is 511 g/mol. The molecule has 2 N–H and O–H groups in total. The lowest BCUT2D eigenvalue weighted by molar-refractivity contribution is 0.0336. The van der Waals surface area contributed by atoms with Gasteiger partial charge in [-0.05, 0) is 44.9 Å². The van der Waals surface area contributed by atoms with Crippen LogP contribution in [-0.2, 0) is 32.9 Å². The monoisotopic (exact) mass is 510 g/mol. The van der Waals surface area contributed by atoms with Gasteiger partial charge in [0.05, 0.1) is 13.2 Å². The highest BCUT2D eigenvalue weighted by Crippen LogP contribution is 2.41. The van der Waals surface area contributed by atoms with E-state index in [0.717, 1.165) is 33.1 Å². The van der Waals surface area contributed by atoms with Crippen molar-refractivity contribution in [2.75, 3.05) is 19.8 Å². The first-order valence-electron chi connectivity index (χ1n) is 13.6. The average Bonchev–Trinajstić information content (AvgIpc) is 2.89. The van der Waals surface area contributed by atoms with Gasteiger partial charge >= 0.3 is 0 Å². The Morgan fingerprint density at radius 1 is 0.622 bits per heavy atom. The van der Waals surface area contributed by atoms with Crippen LogP contribution in [0.4, 0.5) is 0 Å². The van der Waals surface area contributed by atoms with Crippen molar-refractivity contribution < 1.29 is 13.8 Å². The van der Waals surface area contributed by atoms with Gasteiger partial charge in [0, 0.05) is 28.4 Å². The lowest BCUT2D eigenvalue weighted by atomic mass is 9.77. The van der Waals surface area contributed by atoms with Gasteiger partial charge in [-0.3, -0.25) is 0 Å². The van der Waals surface area contributed by atoms with Crippen LogP contribution < -0.4 is 5.73 Å². The van der Waals surface area contributed by atoms with E-state index in [1.54, 1.807) is 4.91 Å². The first kappa shape index (κ1) is 29.3. The Morgan fingerprint density at radius 2 is 1.03 bits per heavy atom. The van der Waals surface area contributed by atoms with Gasteiger partial charge in [0.1, 0.15) is 6.54 Å². The van der Waals surface area contributed by atoms with E-state index >= 15 is 0 Å². The second kappa shape index (κ2) is 10.1. The van der Waals surface area contributed by atoms with Crippen molar-refractivity contribution >= 4 is 21.9 Å². The van der Waals surface area contributed by atoms with Gasteiger partial charge in [0.25, 0.3) is 0 Å². The van der Waals surface area contributed by atoms with Crippen LogP contribution >= 0.6 is 0 Å². The third-order valence-electron chi connectivity index (χ3n) is 6.88. The van der Waals surface area contributed by atoms with Gasteiger partial charge in [-0.25, -0.2) is 0 Å². The normalized spacial score (nSPS) is 13.5. The lowest BCUT2D eigenvalue weighted by Gasteiger charge is -2.27.